The molecule has 4 nitrogen and oxygen atoms in total. The van der Waals surface area contributed by atoms with Gasteiger partial charge in [0.15, 0.2) is 0 Å². The standard InChI is InChI=1S/C20H15FN2O2/c21-16-9-11-17(12-10-16)25-20-18(7-4-14-22-20)23-19(24)13-8-15-5-2-1-3-6-15/h1-14H,(H,23,24). The molecule has 1 heterocycles. The van der Waals surface area contributed by atoms with Crippen molar-refractivity contribution in [3.05, 3.63) is 90.4 Å². The summed E-state index contributed by atoms with van der Waals surface area (Å²) in [6, 6.07) is 18.4. The summed E-state index contributed by atoms with van der Waals surface area (Å²) in [7, 11) is 0. The highest BCUT2D eigenvalue weighted by Gasteiger charge is 2.08. The molecule has 5 heteroatoms. The van der Waals surface area contributed by atoms with Crippen LogP contribution in [-0.4, -0.2) is 10.9 Å². The number of anilines is 1. The van der Waals surface area contributed by atoms with E-state index in [4.69, 9.17) is 4.74 Å². The lowest BCUT2D eigenvalue weighted by Gasteiger charge is -2.10. The molecule has 1 amide bonds. The van der Waals surface area contributed by atoms with Gasteiger partial charge >= 0.3 is 0 Å². The maximum absolute atomic E-state index is 13.0. The van der Waals surface area contributed by atoms with E-state index < -0.39 is 0 Å². The van der Waals surface area contributed by atoms with Crippen LogP contribution in [0.5, 0.6) is 11.6 Å². The third-order valence-electron chi connectivity index (χ3n) is 3.28. The fraction of sp³-hybridized carbons (Fsp3) is 0. The minimum absolute atomic E-state index is 0.232. The van der Waals surface area contributed by atoms with Crippen LogP contribution in [0.25, 0.3) is 6.08 Å². The Labute approximate surface area is 144 Å². The second kappa shape index (κ2) is 7.88. The van der Waals surface area contributed by atoms with Crippen LogP contribution < -0.4 is 10.1 Å². The molecule has 3 aromatic rings. The SMILES string of the molecule is O=C(C=Cc1ccccc1)Nc1cccnc1Oc1ccc(F)cc1. The van der Waals surface area contributed by atoms with Crippen molar-refractivity contribution in [2.75, 3.05) is 5.32 Å². The Hall–Kier alpha value is -3.47. The molecule has 0 aliphatic heterocycles. The molecule has 0 radical (unpaired) electrons. The number of rotatable bonds is 5. The molecule has 0 bridgehead atoms. The summed E-state index contributed by atoms with van der Waals surface area (Å²) in [5.74, 6) is -0.000230. The largest absolute Gasteiger partial charge is 0.437 e. The smallest absolute Gasteiger partial charge is 0.248 e. The number of benzene rings is 2. The van der Waals surface area contributed by atoms with Crippen molar-refractivity contribution < 1.29 is 13.9 Å². The van der Waals surface area contributed by atoms with Gasteiger partial charge in [0.2, 0.25) is 11.8 Å². The van der Waals surface area contributed by atoms with Gasteiger partial charge in [0.1, 0.15) is 17.3 Å². The predicted octanol–water partition coefficient (Wildman–Crippen LogP) is 4.66. The normalized spacial score (nSPS) is 10.6. The lowest BCUT2D eigenvalue weighted by molar-refractivity contribution is -0.111. The lowest BCUT2D eigenvalue weighted by atomic mass is 10.2. The number of nitrogens with zero attached hydrogens (tertiary/aromatic N) is 1. The van der Waals surface area contributed by atoms with Crippen LogP contribution >= 0.6 is 0 Å². The van der Waals surface area contributed by atoms with Gasteiger partial charge in [0.25, 0.3) is 0 Å². The number of carbonyl (C=O) groups is 1. The highest BCUT2D eigenvalue weighted by Crippen LogP contribution is 2.26. The number of aromatic nitrogens is 1. The molecule has 1 aromatic heterocycles. The molecule has 0 saturated heterocycles. The topological polar surface area (TPSA) is 51.2 Å². The number of hydrogen-bond acceptors (Lipinski definition) is 3. The molecule has 0 spiro atoms. The summed E-state index contributed by atoms with van der Waals surface area (Å²) in [4.78, 5) is 16.2. The third kappa shape index (κ3) is 4.75. The molecule has 0 unspecified atom stereocenters. The number of halogens is 1. The van der Waals surface area contributed by atoms with E-state index in [-0.39, 0.29) is 17.6 Å². The van der Waals surface area contributed by atoms with Gasteiger partial charge in [-0.3, -0.25) is 4.79 Å². The molecule has 0 aliphatic carbocycles. The zero-order valence-electron chi connectivity index (χ0n) is 13.2. The first-order chi connectivity index (χ1) is 12.2. The zero-order valence-corrected chi connectivity index (χ0v) is 13.2. The fourth-order valence-corrected chi connectivity index (χ4v) is 2.09. The first kappa shape index (κ1) is 16.4. The van der Waals surface area contributed by atoms with Gasteiger partial charge in [-0.25, -0.2) is 9.37 Å². The molecule has 3 rings (SSSR count). The van der Waals surface area contributed by atoms with Gasteiger partial charge in [0.05, 0.1) is 0 Å². The van der Waals surface area contributed by atoms with Gasteiger partial charge in [-0.2, -0.15) is 0 Å². The number of nitrogens with one attached hydrogen (secondary N) is 1. The number of ether oxygens (including phenoxy) is 1. The maximum atomic E-state index is 13.0. The number of pyridine rings is 1. The van der Waals surface area contributed by atoms with E-state index in [1.165, 1.54) is 30.3 Å². The first-order valence-electron chi connectivity index (χ1n) is 7.63. The summed E-state index contributed by atoms with van der Waals surface area (Å²) >= 11 is 0. The average molecular weight is 334 g/mol. The molecule has 1 N–H and O–H groups in total. The van der Waals surface area contributed by atoms with Crippen molar-refractivity contribution in [2.24, 2.45) is 0 Å². The van der Waals surface area contributed by atoms with E-state index in [2.05, 4.69) is 10.3 Å². The minimum Gasteiger partial charge on any atom is -0.437 e. The summed E-state index contributed by atoms with van der Waals surface area (Å²) in [6.07, 6.45) is 4.70. The second-order valence-corrected chi connectivity index (χ2v) is 5.15. The van der Waals surface area contributed by atoms with E-state index in [1.807, 2.05) is 30.3 Å². The number of hydrogen-bond donors (Lipinski definition) is 1. The molecule has 0 fully saturated rings. The molecular formula is C20H15FN2O2. The number of amides is 1. The highest BCUT2D eigenvalue weighted by atomic mass is 19.1. The van der Waals surface area contributed by atoms with E-state index in [9.17, 15) is 9.18 Å². The third-order valence-corrected chi connectivity index (χ3v) is 3.28. The Kier molecular flexibility index (Phi) is 5.16. The summed E-state index contributed by atoms with van der Waals surface area (Å²) in [5, 5.41) is 2.73. The molecule has 25 heavy (non-hydrogen) atoms. The Morgan fingerprint density at radius 1 is 1.00 bits per heavy atom. The van der Waals surface area contributed by atoms with Crippen LogP contribution in [0, 0.1) is 5.82 Å². The van der Waals surface area contributed by atoms with Crippen LogP contribution in [0.1, 0.15) is 5.56 Å². The zero-order chi connectivity index (χ0) is 17.5. The Morgan fingerprint density at radius 2 is 1.76 bits per heavy atom. The quantitative estimate of drug-likeness (QED) is 0.690. The highest BCUT2D eigenvalue weighted by molar-refractivity contribution is 6.02. The van der Waals surface area contributed by atoms with Crippen molar-refractivity contribution in [3.63, 3.8) is 0 Å². The lowest BCUT2D eigenvalue weighted by Crippen LogP contribution is -2.09. The Bertz CT molecular complexity index is 878. The molecular weight excluding hydrogens is 319 g/mol. The Balaban J connectivity index is 1.71. The van der Waals surface area contributed by atoms with Gasteiger partial charge in [-0.15, -0.1) is 0 Å². The van der Waals surface area contributed by atoms with Gasteiger partial charge < -0.3 is 10.1 Å². The maximum Gasteiger partial charge on any atom is 0.248 e. The van der Waals surface area contributed by atoms with Crippen LogP contribution in [-0.2, 0) is 4.79 Å². The van der Waals surface area contributed by atoms with E-state index in [0.717, 1.165) is 5.56 Å². The average Bonchev–Trinajstić information content (AvgIpc) is 2.64. The van der Waals surface area contributed by atoms with E-state index in [0.29, 0.717) is 11.4 Å². The summed E-state index contributed by atoms with van der Waals surface area (Å²) < 4.78 is 18.6. The van der Waals surface area contributed by atoms with Crippen molar-refractivity contribution >= 4 is 17.7 Å². The van der Waals surface area contributed by atoms with Crippen LogP contribution in [0.2, 0.25) is 0 Å². The van der Waals surface area contributed by atoms with Gasteiger partial charge in [0, 0.05) is 12.3 Å². The second-order valence-electron chi connectivity index (χ2n) is 5.15. The van der Waals surface area contributed by atoms with E-state index in [1.54, 1.807) is 24.4 Å². The predicted molar refractivity (Wildman–Crippen MR) is 94.8 cm³/mol. The van der Waals surface area contributed by atoms with Crippen LogP contribution in [0.15, 0.2) is 79.0 Å². The van der Waals surface area contributed by atoms with Crippen molar-refractivity contribution in [1.82, 2.24) is 4.98 Å². The first-order valence-corrected chi connectivity index (χ1v) is 7.63. The number of carbonyl (C=O) groups excluding carboxylic acids is 1. The summed E-state index contributed by atoms with van der Waals surface area (Å²) in [5.41, 5.74) is 1.35. The Morgan fingerprint density at radius 3 is 2.52 bits per heavy atom. The van der Waals surface area contributed by atoms with Crippen LogP contribution in [0.4, 0.5) is 10.1 Å². The van der Waals surface area contributed by atoms with Gasteiger partial charge in [-0.1, -0.05) is 30.3 Å². The van der Waals surface area contributed by atoms with E-state index >= 15 is 0 Å². The molecule has 0 aliphatic rings. The molecule has 0 atom stereocenters. The molecule has 2 aromatic carbocycles. The van der Waals surface area contributed by atoms with Crippen molar-refractivity contribution in [3.8, 4) is 11.6 Å². The van der Waals surface area contributed by atoms with Crippen molar-refractivity contribution in [2.45, 2.75) is 0 Å². The van der Waals surface area contributed by atoms with Crippen molar-refractivity contribution in [1.29, 1.82) is 0 Å². The molecule has 0 saturated carbocycles. The van der Waals surface area contributed by atoms with Crippen LogP contribution in [0.3, 0.4) is 0 Å². The fourth-order valence-electron chi connectivity index (χ4n) is 2.09. The minimum atomic E-state index is -0.354. The van der Waals surface area contributed by atoms with Gasteiger partial charge in [-0.05, 0) is 48.0 Å². The molecule has 124 valence electrons. The monoisotopic (exact) mass is 334 g/mol. The summed E-state index contributed by atoms with van der Waals surface area (Å²) in [6.45, 7) is 0.